The van der Waals surface area contributed by atoms with Crippen LogP contribution in [-0.4, -0.2) is 34.6 Å². The van der Waals surface area contributed by atoms with E-state index in [1.54, 1.807) is 24.3 Å². The summed E-state index contributed by atoms with van der Waals surface area (Å²) in [5.41, 5.74) is -0.457. The van der Waals surface area contributed by atoms with Crippen LogP contribution in [0.4, 0.5) is 28.9 Å². The summed E-state index contributed by atoms with van der Waals surface area (Å²) in [7, 11) is 0. The Kier molecular flexibility index (Phi) is 7.34. The van der Waals surface area contributed by atoms with Gasteiger partial charge in [-0.1, -0.05) is 47.4 Å². The number of nitrogens with one attached hydrogen (secondary N) is 2. The van der Waals surface area contributed by atoms with Crippen molar-refractivity contribution in [3.63, 3.8) is 0 Å². The molecule has 0 radical (unpaired) electrons. The van der Waals surface area contributed by atoms with Crippen molar-refractivity contribution in [1.82, 2.24) is 4.98 Å². The van der Waals surface area contributed by atoms with Crippen LogP contribution in [0.3, 0.4) is 0 Å². The number of alkyl halides is 3. The Morgan fingerprint density at radius 1 is 0.977 bits per heavy atom. The second-order valence-electron chi connectivity index (χ2n) is 9.69. The van der Waals surface area contributed by atoms with Crippen LogP contribution in [-0.2, 0) is 20.6 Å². The molecule has 43 heavy (non-hydrogen) atoms. The molecule has 3 amide bonds. The minimum absolute atomic E-state index is 0.206. The lowest BCUT2D eigenvalue weighted by atomic mass is 9.82. The average molecular weight is 630 g/mol. The van der Waals surface area contributed by atoms with Crippen molar-refractivity contribution in [1.29, 1.82) is 0 Å². The summed E-state index contributed by atoms with van der Waals surface area (Å²) in [6.45, 7) is -0.455. The van der Waals surface area contributed by atoms with Crippen LogP contribution in [0.15, 0.2) is 82.6 Å². The van der Waals surface area contributed by atoms with E-state index in [0.717, 1.165) is 46.2 Å². The molecule has 220 valence electrons. The van der Waals surface area contributed by atoms with Gasteiger partial charge in [0.25, 0.3) is 5.91 Å². The van der Waals surface area contributed by atoms with E-state index >= 15 is 0 Å². The van der Waals surface area contributed by atoms with E-state index in [1.165, 1.54) is 30.3 Å². The average Bonchev–Trinajstić information content (AvgIpc) is 3.47. The number of amides is 3. The first-order valence-electron chi connectivity index (χ1n) is 12.7. The SMILES string of the molecule is O=C(COc1ccccc1C1c2sc(=O)[nH]c2SC2C(=O)N(c3cccc(C(F)(F)F)c3)C(=O)C21)Nc1ccc(F)cc1. The number of para-hydroxylation sites is 1. The fourth-order valence-electron chi connectivity index (χ4n) is 5.17. The molecule has 3 atom stereocenters. The minimum atomic E-state index is -4.69. The highest BCUT2D eigenvalue weighted by molar-refractivity contribution is 8.00. The number of nitrogens with zero attached hydrogens (tertiary/aromatic N) is 1. The first kappa shape index (κ1) is 28.7. The molecule has 1 aromatic heterocycles. The van der Waals surface area contributed by atoms with Crippen LogP contribution in [0.2, 0.25) is 0 Å². The van der Waals surface area contributed by atoms with Crippen LogP contribution in [0.5, 0.6) is 5.75 Å². The van der Waals surface area contributed by atoms with E-state index in [-0.39, 0.29) is 11.4 Å². The number of rotatable bonds is 6. The molecular formula is C29H19F4N3O5S2. The summed E-state index contributed by atoms with van der Waals surface area (Å²) < 4.78 is 59.3. The largest absolute Gasteiger partial charge is 0.483 e. The van der Waals surface area contributed by atoms with E-state index in [1.807, 2.05) is 0 Å². The van der Waals surface area contributed by atoms with Gasteiger partial charge >= 0.3 is 11.0 Å². The summed E-state index contributed by atoms with van der Waals surface area (Å²) >= 11 is 1.84. The van der Waals surface area contributed by atoms with Crippen molar-refractivity contribution in [2.24, 2.45) is 5.92 Å². The third-order valence-electron chi connectivity index (χ3n) is 7.00. The summed E-state index contributed by atoms with van der Waals surface area (Å²) in [5.74, 6) is -4.20. The van der Waals surface area contributed by atoms with E-state index in [4.69, 9.17) is 4.74 Å². The van der Waals surface area contributed by atoms with Crippen LogP contribution in [0, 0.1) is 11.7 Å². The van der Waals surface area contributed by atoms with Gasteiger partial charge in [0.1, 0.15) is 16.8 Å². The van der Waals surface area contributed by atoms with E-state index < -0.39 is 63.8 Å². The standard InChI is InChI=1S/C29H19F4N3O5S2/c30-15-8-10-16(11-9-15)34-20(37)13-41-19-7-2-1-6-18(19)21-22-24(42-25-23(21)43-28(40)35-25)27(39)36(26(22)38)17-5-3-4-14(12-17)29(31,32)33/h1-12,21-22,24H,13H2,(H,34,37)(H,35,40). The lowest BCUT2D eigenvalue weighted by Crippen LogP contribution is -2.32. The molecule has 3 heterocycles. The number of carbonyl (C=O) groups is 3. The second kappa shape index (κ2) is 11.0. The summed E-state index contributed by atoms with van der Waals surface area (Å²) in [6.07, 6.45) is -4.69. The van der Waals surface area contributed by atoms with Crippen molar-refractivity contribution in [3.8, 4) is 5.75 Å². The van der Waals surface area contributed by atoms with E-state index in [0.29, 0.717) is 21.2 Å². The van der Waals surface area contributed by atoms with Crippen molar-refractivity contribution < 1.29 is 36.7 Å². The van der Waals surface area contributed by atoms with Gasteiger partial charge in [-0.05, 0) is 48.5 Å². The van der Waals surface area contributed by atoms with Crippen LogP contribution >= 0.6 is 23.1 Å². The first-order valence-corrected chi connectivity index (χ1v) is 14.4. The summed E-state index contributed by atoms with van der Waals surface area (Å²) in [4.78, 5) is 56.0. The Labute approximate surface area is 248 Å². The molecule has 0 bridgehead atoms. The third-order valence-corrected chi connectivity index (χ3v) is 9.40. The molecule has 4 aromatic rings. The predicted octanol–water partition coefficient (Wildman–Crippen LogP) is 5.41. The molecule has 1 saturated heterocycles. The topological polar surface area (TPSA) is 109 Å². The Balaban J connectivity index is 1.34. The number of H-pyrrole nitrogens is 1. The van der Waals surface area contributed by atoms with Gasteiger partial charge < -0.3 is 15.0 Å². The molecule has 14 heteroatoms. The Morgan fingerprint density at radius 2 is 1.72 bits per heavy atom. The highest BCUT2D eigenvalue weighted by atomic mass is 32.2. The van der Waals surface area contributed by atoms with E-state index in [2.05, 4.69) is 10.3 Å². The van der Waals surface area contributed by atoms with Crippen molar-refractivity contribution in [2.45, 2.75) is 22.4 Å². The van der Waals surface area contributed by atoms with Crippen LogP contribution in [0.1, 0.15) is 21.9 Å². The van der Waals surface area contributed by atoms with Crippen LogP contribution < -0.4 is 19.8 Å². The Hall–Kier alpha value is -4.43. The number of hydrogen-bond acceptors (Lipinski definition) is 7. The maximum atomic E-state index is 13.9. The highest BCUT2D eigenvalue weighted by Crippen LogP contribution is 2.54. The molecule has 2 N–H and O–H groups in total. The zero-order valence-electron chi connectivity index (χ0n) is 21.7. The van der Waals surface area contributed by atoms with Gasteiger partial charge in [-0.15, -0.1) is 0 Å². The fourth-order valence-corrected chi connectivity index (χ4v) is 7.68. The molecule has 0 aliphatic carbocycles. The number of anilines is 2. The van der Waals surface area contributed by atoms with Crippen LogP contribution in [0.25, 0.3) is 0 Å². The lowest BCUT2D eigenvalue weighted by Gasteiger charge is -2.30. The number of aromatic nitrogens is 1. The molecule has 1 fully saturated rings. The molecule has 0 spiro atoms. The van der Waals surface area contributed by atoms with Gasteiger partial charge in [-0.25, -0.2) is 9.29 Å². The first-order chi connectivity index (χ1) is 20.5. The zero-order chi connectivity index (χ0) is 30.5. The van der Waals surface area contributed by atoms with Gasteiger partial charge in [0.2, 0.25) is 11.8 Å². The number of thioether (sulfide) groups is 1. The number of thiazole rings is 1. The third kappa shape index (κ3) is 5.43. The summed E-state index contributed by atoms with van der Waals surface area (Å²) in [5, 5.41) is 1.91. The number of halogens is 4. The molecule has 6 rings (SSSR count). The number of carbonyl (C=O) groups excluding carboxylic acids is 3. The monoisotopic (exact) mass is 629 g/mol. The predicted molar refractivity (Wildman–Crippen MR) is 151 cm³/mol. The number of benzene rings is 3. The molecule has 8 nitrogen and oxygen atoms in total. The lowest BCUT2D eigenvalue weighted by molar-refractivity contribution is -0.137. The maximum absolute atomic E-state index is 13.9. The highest BCUT2D eigenvalue weighted by Gasteiger charge is 2.57. The number of ether oxygens (including phenoxy) is 1. The maximum Gasteiger partial charge on any atom is 0.416 e. The van der Waals surface area contributed by atoms with Crippen molar-refractivity contribution in [2.75, 3.05) is 16.8 Å². The number of imide groups is 1. The van der Waals surface area contributed by atoms with Gasteiger partial charge in [-0.2, -0.15) is 13.2 Å². The van der Waals surface area contributed by atoms with Gasteiger partial charge in [0, 0.05) is 22.0 Å². The molecule has 2 aliphatic heterocycles. The normalized spacial score (nSPS) is 19.6. The molecule has 2 aliphatic rings. The molecule has 0 saturated carbocycles. The summed E-state index contributed by atoms with van der Waals surface area (Å²) in [6, 6.07) is 15.6. The zero-order valence-corrected chi connectivity index (χ0v) is 23.3. The molecular weight excluding hydrogens is 610 g/mol. The Morgan fingerprint density at radius 3 is 2.47 bits per heavy atom. The number of fused-ring (bicyclic) bond motifs is 2. The smallest absolute Gasteiger partial charge is 0.416 e. The van der Waals surface area contributed by atoms with Crippen molar-refractivity contribution >= 4 is 52.2 Å². The fraction of sp³-hybridized carbons (Fsp3) is 0.172. The number of aromatic amines is 1. The minimum Gasteiger partial charge on any atom is -0.483 e. The number of hydrogen-bond donors (Lipinski definition) is 2. The second-order valence-corrected chi connectivity index (χ2v) is 11.9. The van der Waals surface area contributed by atoms with Gasteiger partial charge in [-0.3, -0.25) is 19.2 Å². The quantitative estimate of drug-likeness (QED) is 0.218. The molecule has 3 aromatic carbocycles. The van der Waals surface area contributed by atoms with Crippen molar-refractivity contribution in [3.05, 3.63) is 104 Å². The van der Waals surface area contributed by atoms with E-state index in [9.17, 15) is 36.7 Å². The Bertz CT molecular complexity index is 1800. The molecule has 3 unspecified atom stereocenters. The van der Waals surface area contributed by atoms with Gasteiger partial charge in [0.15, 0.2) is 6.61 Å². The van der Waals surface area contributed by atoms with Gasteiger partial charge in [0.05, 0.1) is 22.2 Å².